The van der Waals surface area contributed by atoms with Gasteiger partial charge in [0.05, 0.1) is 6.61 Å². The van der Waals surface area contributed by atoms with Crippen molar-refractivity contribution in [1.29, 1.82) is 0 Å². The van der Waals surface area contributed by atoms with Gasteiger partial charge in [0.15, 0.2) is 0 Å². The molecule has 0 spiro atoms. The number of nitrogens with zero attached hydrogens (tertiary/aromatic N) is 1. The molecule has 0 bridgehead atoms. The van der Waals surface area contributed by atoms with Gasteiger partial charge in [-0.25, -0.2) is 0 Å². The van der Waals surface area contributed by atoms with Crippen molar-refractivity contribution in [2.75, 3.05) is 40.0 Å². The Balaban J connectivity index is 1.95. The summed E-state index contributed by atoms with van der Waals surface area (Å²) in [5.41, 5.74) is 0.160. The topological polar surface area (TPSA) is 44.7 Å². The highest BCUT2D eigenvalue weighted by Crippen LogP contribution is 2.33. The summed E-state index contributed by atoms with van der Waals surface area (Å²) in [7, 11) is 2.13. The van der Waals surface area contributed by atoms with E-state index in [0.717, 1.165) is 45.2 Å². The van der Waals surface area contributed by atoms with Gasteiger partial charge in [0, 0.05) is 37.9 Å². The van der Waals surface area contributed by atoms with Crippen LogP contribution < -0.4 is 5.32 Å². The lowest BCUT2D eigenvalue weighted by atomic mass is 9.78. The zero-order valence-electron chi connectivity index (χ0n) is 12.7. The fraction of sp³-hybridized carbons (Fsp3) is 1.00. The quantitative estimate of drug-likeness (QED) is 0.730. The molecule has 2 fully saturated rings. The molecule has 112 valence electrons. The average Bonchev–Trinajstić information content (AvgIpc) is 3.21. The van der Waals surface area contributed by atoms with Gasteiger partial charge >= 0.3 is 0 Å². The molecule has 4 nitrogen and oxygen atoms in total. The van der Waals surface area contributed by atoms with Crippen molar-refractivity contribution in [1.82, 2.24) is 10.2 Å². The Morgan fingerprint density at radius 3 is 2.47 bits per heavy atom. The van der Waals surface area contributed by atoms with Gasteiger partial charge in [-0.1, -0.05) is 0 Å². The summed E-state index contributed by atoms with van der Waals surface area (Å²) in [5.74, 6) is 0. The van der Waals surface area contributed by atoms with Gasteiger partial charge in [-0.2, -0.15) is 0 Å². The third-order valence-electron chi connectivity index (χ3n) is 4.89. The van der Waals surface area contributed by atoms with E-state index in [9.17, 15) is 5.11 Å². The van der Waals surface area contributed by atoms with E-state index in [2.05, 4.69) is 31.1 Å². The molecule has 0 aromatic rings. The summed E-state index contributed by atoms with van der Waals surface area (Å²) in [6.07, 6.45) is 4.92. The Morgan fingerprint density at radius 2 is 1.95 bits per heavy atom. The van der Waals surface area contributed by atoms with Crippen LogP contribution >= 0.6 is 0 Å². The third kappa shape index (κ3) is 4.15. The zero-order valence-corrected chi connectivity index (χ0v) is 12.7. The van der Waals surface area contributed by atoms with Crippen molar-refractivity contribution >= 4 is 0 Å². The van der Waals surface area contributed by atoms with Crippen molar-refractivity contribution in [2.24, 2.45) is 5.41 Å². The molecule has 0 unspecified atom stereocenters. The van der Waals surface area contributed by atoms with E-state index >= 15 is 0 Å². The van der Waals surface area contributed by atoms with Gasteiger partial charge in [-0.3, -0.25) is 4.90 Å². The number of hydrogen-bond acceptors (Lipinski definition) is 4. The fourth-order valence-corrected chi connectivity index (χ4v) is 2.68. The lowest BCUT2D eigenvalue weighted by Crippen LogP contribution is -2.53. The van der Waals surface area contributed by atoms with Crippen LogP contribution in [0.2, 0.25) is 0 Å². The monoisotopic (exact) mass is 270 g/mol. The maximum Gasteiger partial charge on any atom is 0.0609 e. The van der Waals surface area contributed by atoms with Crippen LogP contribution in [0.15, 0.2) is 0 Å². The van der Waals surface area contributed by atoms with Gasteiger partial charge in [0.2, 0.25) is 0 Å². The summed E-state index contributed by atoms with van der Waals surface area (Å²) >= 11 is 0. The van der Waals surface area contributed by atoms with Crippen LogP contribution in [0.3, 0.4) is 0 Å². The van der Waals surface area contributed by atoms with Gasteiger partial charge in [0.25, 0.3) is 0 Å². The third-order valence-corrected chi connectivity index (χ3v) is 4.89. The number of aliphatic hydroxyl groups is 1. The van der Waals surface area contributed by atoms with Crippen molar-refractivity contribution in [3.8, 4) is 0 Å². The molecule has 1 aliphatic heterocycles. The first kappa shape index (κ1) is 15.2. The van der Waals surface area contributed by atoms with Crippen LogP contribution in [-0.2, 0) is 4.74 Å². The molecule has 2 N–H and O–H groups in total. The van der Waals surface area contributed by atoms with Crippen LogP contribution in [0.1, 0.15) is 39.5 Å². The van der Waals surface area contributed by atoms with E-state index in [4.69, 9.17) is 4.74 Å². The highest BCUT2D eigenvalue weighted by Gasteiger charge is 2.38. The number of rotatable bonds is 7. The molecule has 1 saturated carbocycles. The molecule has 0 amide bonds. The highest BCUT2D eigenvalue weighted by molar-refractivity contribution is 4.93. The second-order valence-corrected chi connectivity index (χ2v) is 7.09. The van der Waals surface area contributed by atoms with Crippen LogP contribution in [0.25, 0.3) is 0 Å². The van der Waals surface area contributed by atoms with Crippen LogP contribution in [0, 0.1) is 5.41 Å². The van der Waals surface area contributed by atoms with Crippen molar-refractivity contribution in [3.63, 3.8) is 0 Å². The molecule has 1 aliphatic carbocycles. The Hall–Kier alpha value is -0.160. The predicted molar refractivity (Wildman–Crippen MR) is 77.3 cm³/mol. The molecule has 0 radical (unpaired) electrons. The molecule has 0 aromatic carbocycles. The minimum absolute atomic E-state index is 0.148. The Kier molecular flexibility index (Phi) is 4.88. The molecule has 19 heavy (non-hydrogen) atoms. The Labute approximate surface area is 117 Å². The van der Waals surface area contributed by atoms with E-state index in [1.165, 1.54) is 12.8 Å². The van der Waals surface area contributed by atoms with E-state index in [1.54, 1.807) is 0 Å². The van der Waals surface area contributed by atoms with E-state index in [-0.39, 0.29) is 12.1 Å². The summed E-state index contributed by atoms with van der Waals surface area (Å²) in [4.78, 5) is 2.31. The first-order chi connectivity index (χ1) is 8.97. The molecule has 0 atom stereocenters. The predicted octanol–water partition coefficient (Wildman–Crippen LogP) is 1.24. The molecule has 1 saturated heterocycles. The fourth-order valence-electron chi connectivity index (χ4n) is 2.68. The van der Waals surface area contributed by atoms with Crippen LogP contribution in [-0.4, -0.2) is 61.5 Å². The van der Waals surface area contributed by atoms with E-state index in [0.29, 0.717) is 5.41 Å². The number of aliphatic hydroxyl groups excluding tert-OH is 1. The number of likely N-dealkylation sites (N-methyl/N-ethyl adjacent to an activating group) is 1. The molecule has 2 aliphatic rings. The van der Waals surface area contributed by atoms with Crippen LogP contribution in [0.4, 0.5) is 0 Å². The Bertz CT molecular complexity index is 284. The van der Waals surface area contributed by atoms with E-state index in [1.807, 2.05) is 0 Å². The van der Waals surface area contributed by atoms with Gasteiger partial charge in [-0.15, -0.1) is 0 Å². The molecule has 4 heteroatoms. The first-order valence-electron chi connectivity index (χ1n) is 7.61. The summed E-state index contributed by atoms with van der Waals surface area (Å²) in [6, 6.07) is 0.760. The number of hydrogen-bond donors (Lipinski definition) is 2. The first-order valence-corrected chi connectivity index (χ1v) is 7.61. The molecular weight excluding hydrogens is 240 g/mol. The zero-order chi connectivity index (χ0) is 13.9. The molecule has 2 rings (SSSR count). The summed E-state index contributed by atoms with van der Waals surface area (Å²) < 4.78 is 5.55. The highest BCUT2D eigenvalue weighted by atomic mass is 16.5. The smallest absolute Gasteiger partial charge is 0.0609 e. The Morgan fingerprint density at radius 1 is 1.32 bits per heavy atom. The molecule has 0 aromatic heterocycles. The maximum absolute atomic E-state index is 9.52. The minimum atomic E-state index is -0.148. The number of ether oxygens (including phenoxy) is 1. The lowest BCUT2D eigenvalue weighted by molar-refractivity contribution is -0.0254. The average molecular weight is 270 g/mol. The van der Waals surface area contributed by atoms with Gasteiger partial charge in [0.1, 0.15) is 0 Å². The van der Waals surface area contributed by atoms with Crippen LogP contribution in [0.5, 0.6) is 0 Å². The SMILES string of the molecule is CN(CC1(CNC2CC2)CCOCC1)C(C)(C)CO. The van der Waals surface area contributed by atoms with Crippen molar-refractivity contribution in [3.05, 3.63) is 0 Å². The van der Waals surface area contributed by atoms with E-state index < -0.39 is 0 Å². The molecular formula is C15H30N2O2. The van der Waals surface area contributed by atoms with Gasteiger partial charge < -0.3 is 15.2 Å². The van der Waals surface area contributed by atoms with Gasteiger partial charge in [-0.05, 0) is 52.0 Å². The second kappa shape index (κ2) is 6.08. The second-order valence-electron chi connectivity index (χ2n) is 7.09. The number of nitrogens with one attached hydrogen (secondary N) is 1. The summed E-state index contributed by atoms with van der Waals surface area (Å²) in [5, 5.41) is 13.2. The van der Waals surface area contributed by atoms with Crippen molar-refractivity contribution < 1.29 is 9.84 Å². The minimum Gasteiger partial charge on any atom is -0.394 e. The standard InChI is InChI=1S/C15H30N2O2/c1-14(2,12-18)17(3)11-15(6-8-19-9-7-15)10-16-13-4-5-13/h13,16,18H,4-12H2,1-3H3. The largest absolute Gasteiger partial charge is 0.394 e. The molecule has 1 heterocycles. The normalized spacial score (nSPS) is 23.8. The maximum atomic E-state index is 9.52. The summed E-state index contributed by atoms with van der Waals surface area (Å²) in [6.45, 7) is 8.28. The lowest BCUT2D eigenvalue weighted by Gasteiger charge is -2.44. The van der Waals surface area contributed by atoms with Crippen molar-refractivity contribution in [2.45, 2.75) is 51.1 Å².